The molecule has 1 N–H and O–H groups in total. The summed E-state index contributed by atoms with van der Waals surface area (Å²) in [6.07, 6.45) is 0. The maximum absolute atomic E-state index is 5.88. The molecule has 0 fully saturated rings. The van der Waals surface area contributed by atoms with Crippen LogP contribution in [0.25, 0.3) is 0 Å². The van der Waals surface area contributed by atoms with Gasteiger partial charge in [0.2, 0.25) is 0 Å². The fourth-order valence-electron chi connectivity index (χ4n) is 2.32. The van der Waals surface area contributed by atoms with E-state index < -0.39 is 8.56 Å². The van der Waals surface area contributed by atoms with Crippen LogP contribution in [0, 0.1) is 5.92 Å². The largest absolute Gasteiger partial charge is 0.395 e. The summed E-state index contributed by atoms with van der Waals surface area (Å²) in [6, 6.07) is 11.3. The Morgan fingerprint density at radius 3 is 2.21 bits per heavy atom. The summed E-state index contributed by atoms with van der Waals surface area (Å²) in [5.74, 6) is 0.537. The molecule has 3 nitrogen and oxygen atoms in total. The predicted molar refractivity (Wildman–Crippen MR) is 83.8 cm³/mol. The molecule has 1 aromatic carbocycles. The Labute approximate surface area is 118 Å². The van der Waals surface area contributed by atoms with E-state index in [1.54, 1.807) is 0 Å². The molecule has 0 aromatic heterocycles. The average Bonchev–Trinajstić information content (AvgIpc) is 2.38. The molecule has 0 amide bonds. The van der Waals surface area contributed by atoms with E-state index in [1.165, 1.54) is 5.69 Å². The Balaban J connectivity index is 2.42. The van der Waals surface area contributed by atoms with Crippen molar-refractivity contribution in [1.82, 2.24) is 0 Å². The predicted octanol–water partition coefficient (Wildman–Crippen LogP) is 3.88. The minimum Gasteiger partial charge on any atom is -0.395 e. The first-order valence-corrected chi connectivity index (χ1v) is 9.69. The molecule has 0 bridgehead atoms. The Hall–Kier alpha value is -0.843. The topological polar surface area (TPSA) is 30.5 Å². The lowest BCUT2D eigenvalue weighted by molar-refractivity contribution is 0.185. The Bertz CT molecular complexity index is 339. The van der Waals surface area contributed by atoms with Gasteiger partial charge in [-0.25, -0.2) is 0 Å². The summed E-state index contributed by atoms with van der Waals surface area (Å²) >= 11 is 0. The molecular weight excluding hydrogens is 254 g/mol. The molecule has 0 aliphatic heterocycles. The van der Waals surface area contributed by atoms with Crippen LogP contribution in [0.3, 0.4) is 0 Å². The van der Waals surface area contributed by atoms with Crippen molar-refractivity contribution in [2.45, 2.75) is 33.4 Å². The van der Waals surface area contributed by atoms with E-state index in [2.05, 4.69) is 30.9 Å². The van der Waals surface area contributed by atoms with Crippen LogP contribution in [-0.2, 0) is 8.85 Å². The summed E-state index contributed by atoms with van der Waals surface area (Å²) < 4.78 is 11.8. The van der Waals surface area contributed by atoms with Crippen molar-refractivity contribution in [3.63, 3.8) is 0 Å². The van der Waals surface area contributed by atoms with Gasteiger partial charge in [0.25, 0.3) is 0 Å². The number of hydrogen-bond acceptors (Lipinski definition) is 3. The molecule has 1 unspecified atom stereocenters. The van der Waals surface area contributed by atoms with Crippen LogP contribution in [0.5, 0.6) is 0 Å². The third-order valence-electron chi connectivity index (χ3n) is 3.05. The third-order valence-corrected chi connectivity index (χ3v) is 6.28. The summed E-state index contributed by atoms with van der Waals surface area (Å²) in [5.41, 5.74) is 1.17. The van der Waals surface area contributed by atoms with Crippen LogP contribution in [0.1, 0.15) is 20.8 Å². The molecule has 0 saturated carbocycles. The van der Waals surface area contributed by atoms with Crippen molar-refractivity contribution in [1.29, 1.82) is 0 Å². The number of para-hydroxylation sites is 1. The second-order valence-electron chi connectivity index (χ2n) is 5.06. The van der Waals surface area contributed by atoms with E-state index in [0.717, 1.165) is 25.8 Å². The summed E-state index contributed by atoms with van der Waals surface area (Å²) in [5, 5.41) is 3.46. The van der Waals surface area contributed by atoms with Crippen molar-refractivity contribution in [2.24, 2.45) is 5.92 Å². The van der Waals surface area contributed by atoms with Crippen LogP contribution >= 0.6 is 0 Å². The van der Waals surface area contributed by atoms with Gasteiger partial charge in [-0.05, 0) is 44.5 Å². The number of hydrogen-bond donors (Lipinski definition) is 1. The van der Waals surface area contributed by atoms with Gasteiger partial charge in [-0.3, -0.25) is 0 Å². The average molecular weight is 281 g/mol. The number of nitrogens with one attached hydrogen (secondary N) is 1. The molecule has 4 heteroatoms. The molecule has 0 saturated heterocycles. The van der Waals surface area contributed by atoms with Crippen LogP contribution in [-0.4, -0.2) is 28.3 Å². The van der Waals surface area contributed by atoms with Gasteiger partial charge in [0.1, 0.15) is 0 Å². The summed E-state index contributed by atoms with van der Waals surface area (Å²) in [6.45, 7) is 10.9. The highest BCUT2D eigenvalue weighted by Gasteiger charge is 2.32. The second kappa shape index (κ2) is 8.35. The first-order valence-electron chi connectivity index (χ1n) is 7.16. The van der Waals surface area contributed by atoms with Crippen molar-refractivity contribution in [3.05, 3.63) is 30.3 Å². The van der Waals surface area contributed by atoms with Gasteiger partial charge in [-0.2, -0.15) is 0 Å². The molecule has 0 heterocycles. The minimum absolute atomic E-state index is 0.537. The quantitative estimate of drug-likeness (QED) is 0.697. The standard InChI is InChI=1S/C15H27NO2Si/c1-5-17-19(4,18-6-2)13-14(3)12-16-15-10-8-7-9-11-15/h7-11,14,16H,5-6,12-13H2,1-4H3. The van der Waals surface area contributed by atoms with Crippen molar-refractivity contribution in [2.75, 3.05) is 25.1 Å². The van der Waals surface area contributed by atoms with Gasteiger partial charge >= 0.3 is 8.56 Å². The van der Waals surface area contributed by atoms with E-state index in [0.29, 0.717) is 5.92 Å². The third kappa shape index (κ3) is 6.23. The lowest BCUT2D eigenvalue weighted by atomic mass is 10.2. The van der Waals surface area contributed by atoms with E-state index in [1.807, 2.05) is 32.0 Å². The van der Waals surface area contributed by atoms with Crippen LogP contribution in [0.4, 0.5) is 5.69 Å². The Kier molecular flexibility index (Phi) is 7.13. The maximum atomic E-state index is 5.88. The number of anilines is 1. The fraction of sp³-hybridized carbons (Fsp3) is 0.600. The molecule has 0 radical (unpaired) electrons. The highest BCUT2D eigenvalue weighted by atomic mass is 28.4. The van der Waals surface area contributed by atoms with Gasteiger partial charge < -0.3 is 14.2 Å². The number of benzene rings is 1. The molecule has 0 spiro atoms. The molecule has 1 aromatic rings. The van der Waals surface area contributed by atoms with Gasteiger partial charge in [0.15, 0.2) is 0 Å². The van der Waals surface area contributed by atoms with E-state index >= 15 is 0 Å². The SMILES string of the molecule is CCO[Si](C)(CC(C)CNc1ccccc1)OCC. The van der Waals surface area contributed by atoms with Crippen molar-refractivity contribution >= 4 is 14.2 Å². The van der Waals surface area contributed by atoms with E-state index in [9.17, 15) is 0 Å². The van der Waals surface area contributed by atoms with Crippen LogP contribution < -0.4 is 5.32 Å². The lowest BCUT2D eigenvalue weighted by Crippen LogP contribution is -2.41. The first-order chi connectivity index (χ1) is 9.09. The maximum Gasteiger partial charge on any atom is 0.335 e. The summed E-state index contributed by atoms with van der Waals surface area (Å²) in [4.78, 5) is 0. The second-order valence-corrected chi connectivity index (χ2v) is 8.31. The molecule has 108 valence electrons. The summed E-state index contributed by atoms with van der Waals surface area (Å²) in [7, 11) is -1.99. The smallest absolute Gasteiger partial charge is 0.335 e. The highest BCUT2D eigenvalue weighted by molar-refractivity contribution is 6.66. The molecular formula is C15H27NO2Si. The zero-order valence-electron chi connectivity index (χ0n) is 12.6. The zero-order chi connectivity index (χ0) is 14.1. The lowest BCUT2D eigenvalue weighted by Gasteiger charge is -2.28. The molecule has 19 heavy (non-hydrogen) atoms. The molecule has 1 atom stereocenters. The van der Waals surface area contributed by atoms with Gasteiger partial charge in [-0.15, -0.1) is 0 Å². The van der Waals surface area contributed by atoms with Crippen molar-refractivity contribution in [3.8, 4) is 0 Å². The molecule has 0 aliphatic carbocycles. The van der Waals surface area contributed by atoms with E-state index in [4.69, 9.17) is 8.85 Å². The molecule has 0 aliphatic rings. The normalized spacial score (nSPS) is 13.3. The fourth-order valence-corrected chi connectivity index (χ4v) is 5.27. The van der Waals surface area contributed by atoms with Crippen LogP contribution in [0.2, 0.25) is 12.6 Å². The Morgan fingerprint density at radius 2 is 1.68 bits per heavy atom. The minimum atomic E-state index is -1.99. The van der Waals surface area contributed by atoms with E-state index in [-0.39, 0.29) is 0 Å². The zero-order valence-corrected chi connectivity index (χ0v) is 13.6. The molecule has 1 rings (SSSR count). The van der Waals surface area contributed by atoms with Gasteiger partial charge in [0, 0.05) is 25.4 Å². The van der Waals surface area contributed by atoms with Crippen LogP contribution in [0.15, 0.2) is 30.3 Å². The van der Waals surface area contributed by atoms with Gasteiger partial charge in [-0.1, -0.05) is 25.1 Å². The van der Waals surface area contributed by atoms with Crippen molar-refractivity contribution < 1.29 is 8.85 Å². The monoisotopic (exact) mass is 281 g/mol. The van der Waals surface area contributed by atoms with Gasteiger partial charge in [0.05, 0.1) is 0 Å². The Morgan fingerprint density at radius 1 is 1.11 bits per heavy atom. The highest BCUT2D eigenvalue weighted by Crippen LogP contribution is 2.20. The first kappa shape index (κ1) is 16.2. The number of rotatable bonds is 9.